The average molecular weight is 474 g/mol. The Morgan fingerprint density at radius 3 is 2.48 bits per heavy atom. The van der Waals surface area contributed by atoms with Gasteiger partial charge in [0.25, 0.3) is 5.91 Å². The lowest BCUT2D eigenvalue weighted by Crippen LogP contribution is -2.29. The van der Waals surface area contributed by atoms with Gasteiger partial charge in [0.1, 0.15) is 15.7 Å². The number of anilines is 2. The Kier molecular flexibility index (Phi) is 5.91. The summed E-state index contributed by atoms with van der Waals surface area (Å²) in [5, 5.41) is 1.61. The molecule has 0 atom stereocenters. The minimum absolute atomic E-state index is 0.0494. The number of hydrogen-bond acceptors (Lipinski definition) is 6. The molecular weight excluding hydrogens is 450 g/mol. The van der Waals surface area contributed by atoms with Crippen LogP contribution in [0.4, 0.5) is 17.1 Å². The monoisotopic (exact) mass is 473 g/mol. The summed E-state index contributed by atoms with van der Waals surface area (Å²) in [6.07, 6.45) is 0. The van der Waals surface area contributed by atoms with Gasteiger partial charge in [-0.05, 0) is 79.7 Å². The van der Waals surface area contributed by atoms with E-state index in [2.05, 4.69) is 24.0 Å². The molecule has 2 aliphatic rings. The van der Waals surface area contributed by atoms with E-state index in [-0.39, 0.29) is 5.91 Å². The number of amides is 1. The number of methoxy groups -OCH3 is 1. The molecule has 0 unspecified atom stereocenters. The molecule has 0 aromatic heterocycles. The Morgan fingerprint density at radius 1 is 0.970 bits per heavy atom. The molecule has 1 saturated heterocycles. The molecule has 7 heteroatoms. The van der Waals surface area contributed by atoms with Crippen LogP contribution in [0.5, 0.6) is 5.75 Å². The summed E-state index contributed by atoms with van der Waals surface area (Å²) >= 11 is 3.08. The number of rotatable bonds is 4. The molecule has 3 aromatic rings. The molecule has 2 aliphatic heterocycles. The van der Waals surface area contributed by atoms with Crippen molar-refractivity contribution in [2.24, 2.45) is 4.99 Å². The molecule has 33 heavy (non-hydrogen) atoms. The van der Waals surface area contributed by atoms with E-state index in [4.69, 9.17) is 9.73 Å². The maximum absolute atomic E-state index is 13.8. The Morgan fingerprint density at radius 2 is 1.76 bits per heavy atom. The second-order valence-corrected chi connectivity index (χ2v) is 9.63. The van der Waals surface area contributed by atoms with Crippen LogP contribution in [-0.2, 0) is 4.79 Å². The van der Waals surface area contributed by atoms with Gasteiger partial charge < -0.3 is 9.64 Å². The fourth-order valence-electron chi connectivity index (χ4n) is 3.86. The molecule has 1 fully saturated rings. The van der Waals surface area contributed by atoms with Crippen molar-refractivity contribution in [3.05, 3.63) is 88.3 Å². The number of nitrogens with zero attached hydrogens (tertiary/aromatic N) is 3. The highest BCUT2D eigenvalue weighted by atomic mass is 32.2. The molecule has 0 radical (unpaired) electrons. The zero-order chi connectivity index (χ0) is 22.9. The summed E-state index contributed by atoms with van der Waals surface area (Å²) < 4.78 is 5.27. The van der Waals surface area contributed by atoms with Crippen molar-refractivity contribution >= 4 is 51.7 Å². The summed E-state index contributed by atoms with van der Waals surface area (Å²) in [6, 6.07) is 23.8. The second kappa shape index (κ2) is 9.00. The minimum Gasteiger partial charge on any atom is -0.497 e. The van der Waals surface area contributed by atoms with Crippen molar-refractivity contribution in [2.75, 3.05) is 23.5 Å². The van der Waals surface area contributed by atoms with Gasteiger partial charge in [0, 0.05) is 11.4 Å². The lowest BCUT2D eigenvalue weighted by Gasteiger charge is -2.19. The van der Waals surface area contributed by atoms with Crippen molar-refractivity contribution in [3.63, 3.8) is 0 Å². The Labute approximate surface area is 202 Å². The summed E-state index contributed by atoms with van der Waals surface area (Å²) in [4.78, 5) is 24.5. The van der Waals surface area contributed by atoms with E-state index in [1.807, 2.05) is 67.6 Å². The highest BCUT2D eigenvalue weighted by Crippen LogP contribution is 2.51. The minimum atomic E-state index is -0.0494. The molecule has 5 rings (SSSR count). The number of carbonyl (C=O) groups is 1. The van der Waals surface area contributed by atoms with E-state index in [1.165, 1.54) is 11.8 Å². The SMILES string of the molecule is CCN1/C(=C2/SC(=Nc3ccc(OC)cc3)N(c3cccc(C)c3)C2=O)Sc2ccccc21. The van der Waals surface area contributed by atoms with Crippen LogP contribution in [0.1, 0.15) is 12.5 Å². The largest absolute Gasteiger partial charge is 0.497 e. The first-order chi connectivity index (χ1) is 16.1. The summed E-state index contributed by atoms with van der Waals surface area (Å²) in [7, 11) is 1.64. The Balaban J connectivity index is 1.61. The van der Waals surface area contributed by atoms with Crippen molar-refractivity contribution in [2.45, 2.75) is 18.7 Å². The van der Waals surface area contributed by atoms with Crippen molar-refractivity contribution in [3.8, 4) is 5.75 Å². The van der Waals surface area contributed by atoms with Crippen LogP contribution in [0.2, 0.25) is 0 Å². The van der Waals surface area contributed by atoms with Gasteiger partial charge in [0.15, 0.2) is 5.17 Å². The maximum Gasteiger partial charge on any atom is 0.274 e. The summed E-state index contributed by atoms with van der Waals surface area (Å²) in [6.45, 7) is 4.92. The normalized spacial score (nSPS) is 18.9. The number of benzene rings is 3. The predicted octanol–water partition coefficient (Wildman–Crippen LogP) is 6.57. The number of fused-ring (bicyclic) bond motifs is 1. The molecule has 0 N–H and O–H groups in total. The Hall–Kier alpha value is -3.16. The number of ether oxygens (including phenoxy) is 1. The van der Waals surface area contributed by atoms with E-state index < -0.39 is 0 Å². The molecule has 0 saturated carbocycles. The van der Waals surface area contributed by atoms with Gasteiger partial charge in [-0.3, -0.25) is 9.69 Å². The van der Waals surface area contributed by atoms with Gasteiger partial charge in [0.2, 0.25) is 0 Å². The number of carbonyl (C=O) groups excluding carboxylic acids is 1. The fraction of sp³-hybridized carbons (Fsp3) is 0.154. The van der Waals surface area contributed by atoms with E-state index in [0.29, 0.717) is 10.1 Å². The number of aliphatic imine (C=N–C) groups is 1. The third-order valence-corrected chi connectivity index (χ3v) is 7.80. The van der Waals surface area contributed by atoms with Gasteiger partial charge in [-0.25, -0.2) is 4.99 Å². The van der Waals surface area contributed by atoms with Gasteiger partial charge in [-0.2, -0.15) is 0 Å². The topological polar surface area (TPSA) is 45.1 Å². The lowest BCUT2D eigenvalue weighted by atomic mass is 10.2. The molecule has 0 aliphatic carbocycles. The molecule has 166 valence electrons. The third kappa shape index (κ3) is 4.03. The van der Waals surface area contributed by atoms with E-state index in [0.717, 1.165) is 44.8 Å². The molecule has 0 bridgehead atoms. The zero-order valence-corrected chi connectivity index (χ0v) is 20.2. The van der Waals surface area contributed by atoms with Crippen LogP contribution in [0, 0.1) is 6.92 Å². The molecule has 5 nitrogen and oxygen atoms in total. The first-order valence-corrected chi connectivity index (χ1v) is 12.3. The predicted molar refractivity (Wildman–Crippen MR) is 139 cm³/mol. The van der Waals surface area contributed by atoms with Crippen LogP contribution in [0.25, 0.3) is 0 Å². The van der Waals surface area contributed by atoms with Crippen molar-refractivity contribution in [1.82, 2.24) is 0 Å². The number of aryl methyl sites for hydroxylation is 1. The van der Waals surface area contributed by atoms with Crippen LogP contribution >= 0.6 is 23.5 Å². The van der Waals surface area contributed by atoms with Gasteiger partial charge in [-0.1, -0.05) is 36.0 Å². The standard InChI is InChI=1S/C26H23N3O2S2/c1-4-28-21-10-5-6-11-22(21)32-25(28)23-24(30)29(19-9-7-8-17(2)16-19)26(33-23)27-18-12-14-20(31-3)15-13-18/h5-16H,4H2,1-3H3/b25-23-,27-26?. The Bertz CT molecular complexity index is 1280. The lowest BCUT2D eigenvalue weighted by molar-refractivity contribution is -0.113. The van der Waals surface area contributed by atoms with Crippen LogP contribution < -0.4 is 14.5 Å². The van der Waals surface area contributed by atoms with Crippen LogP contribution in [0.3, 0.4) is 0 Å². The van der Waals surface area contributed by atoms with Gasteiger partial charge in [0.05, 0.1) is 24.2 Å². The average Bonchev–Trinajstić information content (AvgIpc) is 3.36. The fourth-order valence-corrected chi connectivity index (χ4v) is 6.25. The second-order valence-electron chi connectivity index (χ2n) is 7.62. The number of amidine groups is 1. The third-order valence-electron chi connectivity index (χ3n) is 5.46. The highest BCUT2D eigenvalue weighted by molar-refractivity contribution is 8.20. The van der Waals surface area contributed by atoms with E-state index >= 15 is 0 Å². The van der Waals surface area contributed by atoms with Crippen LogP contribution in [-0.4, -0.2) is 24.7 Å². The summed E-state index contributed by atoms with van der Waals surface area (Å²) in [5.74, 6) is 0.720. The van der Waals surface area contributed by atoms with Gasteiger partial charge in [-0.15, -0.1) is 0 Å². The molecular formula is C26H23N3O2S2. The van der Waals surface area contributed by atoms with Gasteiger partial charge >= 0.3 is 0 Å². The van der Waals surface area contributed by atoms with Crippen molar-refractivity contribution < 1.29 is 9.53 Å². The van der Waals surface area contributed by atoms with Crippen molar-refractivity contribution in [1.29, 1.82) is 0 Å². The number of para-hydroxylation sites is 1. The quantitative estimate of drug-likeness (QED) is 0.401. The van der Waals surface area contributed by atoms with E-state index in [9.17, 15) is 4.79 Å². The first kappa shape index (κ1) is 21.7. The van der Waals surface area contributed by atoms with E-state index in [1.54, 1.807) is 23.8 Å². The molecule has 0 spiro atoms. The summed E-state index contributed by atoms with van der Waals surface area (Å²) in [5.41, 5.74) is 3.82. The number of thioether (sulfide) groups is 2. The maximum atomic E-state index is 13.8. The molecule has 2 heterocycles. The molecule has 3 aromatic carbocycles. The molecule has 1 amide bonds. The van der Waals surface area contributed by atoms with Crippen LogP contribution in [0.15, 0.2) is 92.6 Å². The first-order valence-electron chi connectivity index (χ1n) is 10.7. The smallest absolute Gasteiger partial charge is 0.274 e. The zero-order valence-electron chi connectivity index (χ0n) is 18.6. The highest BCUT2D eigenvalue weighted by Gasteiger charge is 2.40. The number of hydrogen-bond donors (Lipinski definition) is 0.